The van der Waals surface area contributed by atoms with Crippen LogP contribution < -0.4 is 15.8 Å². The zero-order valence-electron chi connectivity index (χ0n) is 11.3. The highest BCUT2D eigenvalue weighted by atomic mass is 16.5. The quantitative estimate of drug-likeness (QED) is 0.753. The fraction of sp³-hybridized carbons (Fsp3) is 0.500. The van der Waals surface area contributed by atoms with E-state index in [-0.39, 0.29) is 5.91 Å². The molecule has 1 amide bonds. The molecular weight excluding hydrogens is 228 g/mol. The van der Waals surface area contributed by atoms with Crippen molar-refractivity contribution in [2.75, 3.05) is 13.2 Å². The van der Waals surface area contributed by atoms with Crippen molar-refractivity contribution in [3.63, 3.8) is 0 Å². The van der Waals surface area contributed by atoms with Crippen molar-refractivity contribution in [1.29, 1.82) is 0 Å². The number of benzene rings is 1. The number of ether oxygens (including phenoxy) is 1. The molecule has 0 aliphatic rings. The van der Waals surface area contributed by atoms with Crippen LogP contribution in [0.5, 0.6) is 5.75 Å². The standard InChI is InChI=1S/C14H22N2O2/c1-10-5-6-13(9-11(10)2)18-8-4-7-16-14(17)12(3)15/h5-6,9,12H,4,7-8,15H2,1-3H3,(H,16,17). The van der Waals surface area contributed by atoms with Gasteiger partial charge in [-0.15, -0.1) is 0 Å². The van der Waals surface area contributed by atoms with Gasteiger partial charge in [0.1, 0.15) is 5.75 Å². The topological polar surface area (TPSA) is 64.3 Å². The highest BCUT2D eigenvalue weighted by Gasteiger charge is 2.05. The third-order valence-corrected chi connectivity index (χ3v) is 2.78. The highest BCUT2D eigenvalue weighted by Crippen LogP contribution is 2.16. The molecule has 4 nitrogen and oxygen atoms in total. The smallest absolute Gasteiger partial charge is 0.236 e. The molecule has 0 aliphatic heterocycles. The number of hydrogen-bond donors (Lipinski definition) is 2. The van der Waals surface area contributed by atoms with Gasteiger partial charge in [-0.3, -0.25) is 4.79 Å². The molecule has 1 atom stereocenters. The van der Waals surface area contributed by atoms with Crippen molar-refractivity contribution < 1.29 is 9.53 Å². The highest BCUT2D eigenvalue weighted by molar-refractivity contribution is 5.80. The molecule has 1 unspecified atom stereocenters. The average molecular weight is 250 g/mol. The minimum atomic E-state index is -0.453. The van der Waals surface area contributed by atoms with Crippen LogP contribution in [0.1, 0.15) is 24.5 Å². The molecule has 1 rings (SSSR count). The van der Waals surface area contributed by atoms with Crippen LogP contribution in [-0.4, -0.2) is 25.1 Å². The first-order valence-electron chi connectivity index (χ1n) is 6.24. The summed E-state index contributed by atoms with van der Waals surface area (Å²) < 4.78 is 5.60. The van der Waals surface area contributed by atoms with Gasteiger partial charge in [0, 0.05) is 6.54 Å². The Morgan fingerprint density at radius 1 is 1.39 bits per heavy atom. The minimum absolute atomic E-state index is 0.124. The van der Waals surface area contributed by atoms with Crippen LogP contribution in [0.15, 0.2) is 18.2 Å². The van der Waals surface area contributed by atoms with Crippen LogP contribution in [0.4, 0.5) is 0 Å². The fourth-order valence-corrected chi connectivity index (χ4v) is 1.44. The van der Waals surface area contributed by atoms with Crippen molar-refractivity contribution in [2.45, 2.75) is 33.2 Å². The largest absolute Gasteiger partial charge is 0.494 e. The second-order valence-electron chi connectivity index (χ2n) is 4.53. The SMILES string of the molecule is Cc1ccc(OCCCNC(=O)C(C)N)cc1C. The van der Waals surface area contributed by atoms with E-state index in [2.05, 4.69) is 19.2 Å². The lowest BCUT2D eigenvalue weighted by Gasteiger charge is -2.10. The summed E-state index contributed by atoms with van der Waals surface area (Å²) in [6, 6.07) is 5.58. The third kappa shape index (κ3) is 4.75. The number of aryl methyl sites for hydroxylation is 2. The lowest BCUT2D eigenvalue weighted by molar-refractivity contribution is -0.121. The Hall–Kier alpha value is -1.55. The van der Waals surface area contributed by atoms with Gasteiger partial charge < -0.3 is 15.8 Å². The predicted octanol–water partition coefficient (Wildman–Crippen LogP) is 1.54. The first-order valence-corrected chi connectivity index (χ1v) is 6.24. The van der Waals surface area contributed by atoms with E-state index in [1.54, 1.807) is 6.92 Å². The first kappa shape index (κ1) is 14.5. The molecule has 0 bridgehead atoms. The molecular formula is C14H22N2O2. The molecule has 0 radical (unpaired) electrons. The molecule has 0 saturated heterocycles. The van der Waals surface area contributed by atoms with Gasteiger partial charge in [0.05, 0.1) is 12.6 Å². The van der Waals surface area contributed by atoms with Crippen LogP contribution in [0, 0.1) is 13.8 Å². The number of hydrogen-bond acceptors (Lipinski definition) is 3. The maximum absolute atomic E-state index is 11.2. The van der Waals surface area contributed by atoms with Crippen molar-refractivity contribution >= 4 is 5.91 Å². The Morgan fingerprint density at radius 3 is 2.72 bits per heavy atom. The summed E-state index contributed by atoms with van der Waals surface area (Å²) in [5.41, 5.74) is 7.91. The molecule has 1 aromatic carbocycles. The van der Waals surface area contributed by atoms with Crippen LogP contribution in [-0.2, 0) is 4.79 Å². The Labute approximate surface area is 109 Å². The Kier molecular flexibility index (Phi) is 5.65. The molecule has 100 valence electrons. The molecule has 4 heteroatoms. The summed E-state index contributed by atoms with van der Waals surface area (Å²) in [6.07, 6.45) is 0.769. The van der Waals surface area contributed by atoms with E-state index in [9.17, 15) is 4.79 Å². The zero-order valence-corrected chi connectivity index (χ0v) is 11.3. The summed E-state index contributed by atoms with van der Waals surface area (Å²) in [5, 5.41) is 2.74. The van der Waals surface area contributed by atoms with Gasteiger partial charge in [0.25, 0.3) is 0 Å². The summed E-state index contributed by atoms with van der Waals surface area (Å²) in [4.78, 5) is 11.2. The van der Waals surface area contributed by atoms with Gasteiger partial charge in [-0.05, 0) is 50.5 Å². The van der Waals surface area contributed by atoms with Crippen molar-refractivity contribution in [3.8, 4) is 5.75 Å². The van der Waals surface area contributed by atoms with Gasteiger partial charge in [0.15, 0.2) is 0 Å². The van der Waals surface area contributed by atoms with Crippen molar-refractivity contribution in [1.82, 2.24) is 5.32 Å². The second-order valence-corrected chi connectivity index (χ2v) is 4.53. The number of carbonyl (C=O) groups excluding carboxylic acids is 1. The van der Waals surface area contributed by atoms with E-state index < -0.39 is 6.04 Å². The van der Waals surface area contributed by atoms with Gasteiger partial charge in [-0.25, -0.2) is 0 Å². The van der Waals surface area contributed by atoms with Gasteiger partial charge in [-0.1, -0.05) is 6.07 Å². The molecule has 3 N–H and O–H groups in total. The molecule has 0 aromatic heterocycles. The molecule has 1 aromatic rings. The number of amides is 1. The van der Waals surface area contributed by atoms with Gasteiger partial charge in [0.2, 0.25) is 5.91 Å². The van der Waals surface area contributed by atoms with Crippen LogP contribution in [0.2, 0.25) is 0 Å². The molecule has 0 aliphatic carbocycles. The van der Waals surface area contributed by atoms with Crippen molar-refractivity contribution in [2.24, 2.45) is 5.73 Å². The maximum Gasteiger partial charge on any atom is 0.236 e. The number of nitrogens with one attached hydrogen (secondary N) is 1. The van der Waals surface area contributed by atoms with Crippen LogP contribution in [0.25, 0.3) is 0 Å². The van der Waals surface area contributed by atoms with Crippen LogP contribution in [0.3, 0.4) is 0 Å². The summed E-state index contributed by atoms with van der Waals surface area (Å²) in [7, 11) is 0. The Bertz CT molecular complexity index is 403. The van der Waals surface area contributed by atoms with E-state index in [1.807, 2.05) is 18.2 Å². The fourth-order valence-electron chi connectivity index (χ4n) is 1.44. The second kappa shape index (κ2) is 7.01. The molecule has 0 heterocycles. The third-order valence-electron chi connectivity index (χ3n) is 2.78. The summed E-state index contributed by atoms with van der Waals surface area (Å²) in [6.45, 7) is 6.97. The lowest BCUT2D eigenvalue weighted by Crippen LogP contribution is -2.38. The summed E-state index contributed by atoms with van der Waals surface area (Å²) >= 11 is 0. The molecule has 0 fully saturated rings. The predicted molar refractivity (Wildman–Crippen MR) is 72.7 cm³/mol. The monoisotopic (exact) mass is 250 g/mol. The number of rotatable bonds is 6. The minimum Gasteiger partial charge on any atom is -0.494 e. The average Bonchev–Trinajstić information content (AvgIpc) is 2.32. The van der Waals surface area contributed by atoms with E-state index in [1.165, 1.54) is 11.1 Å². The van der Waals surface area contributed by atoms with Gasteiger partial charge in [-0.2, -0.15) is 0 Å². The molecule has 18 heavy (non-hydrogen) atoms. The Balaban J connectivity index is 2.22. The Morgan fingerprint density at radius 2 is 2.11 bits per heavy atom. The normalized spacial score (nSPS) is 12.0. The number of carbonyl (C=O) groups is 1. The lowest BCUT2D eigenvalue weighted by atomic mass is 10.1. The van der Waals surface area contributed by atoms with E-state index in [0.717, 1.165) is 12.2 Å². The van der Waals surface area contributed by atoms with E-state index >= 15 is 0 Å². The van der Waals surface area contributed by atoms with Crippen LogP contribution >= 0.6 is 0 Å². The zero-order chi connectivity index (χ0) is 13.5. The summed E-state index contributed by atoms with van der Waals surface area (Å²) in [5.74, 6) is 0.748. The van der Waals surface area contributed by atoms with Crippen molar-refractivity contribution in [3.05, 3.63) is 29.3 Å². The van der Waals surface area contributed by atoms with E-state index in [4.69, 9.17) is 10.5 Å². The number of nitrogens with two attached hydrogens (primary N) is 1. The maximum atomic E-state index is 11.2. The molecule has 0 spiro atoms. The van der Waals surface area contributed by atoms with Gasteiger partial charge >= 0.3 is 0 Å². The molecule has 0 saturated carbocycles. The first-order chi connectivity index (χ1) is 8.50. The van der Waals surface area contributed by atoms with E-state index in [0.29, 0.717) is 13.2 Å².